The van der Waals surface area contributed by atoms with Crippen molar-refractivity contribution >= 4 is 7.82 Å². The van der Waals surface area contributed by atoms with Crippen LogP contribution in [0, 0.1) is 0 Å². The van der Waals surface area contributed by atoms with Crippen LogP contribution < -0.4 is 162 Å². The minimum Gasteiger partial charge on any atom is -0.870 e. The molecular weight excluding hydrogens is 226 g/mol. The van der Waals surface area contributed by atoms with E-state index < -0.39 is 7.82 Å². The summed E-state index contributed by atoms with van der Waals surface area (Å²) in [7, 11) is -5.39. The second-order valence-corrected chi connectivity index (χ2v) is 1.34. The summed E-state index contributed by atoms with van der Waals surface area (Å²) >= 11 is 0. The zero-order chi connectivity index (χ0) is 4.50. The number of hydrogen-bond donors (Lipinski definition) is 0. The average molecular weight is 227 g/mol. The van der Waals surface area contributed by atoms with Gasteiger partial charge in [-0.3, -0.25) is 0 Å². The van der Waals surface area contributed by atoms with Gasteiger partial charge in [0.2, 0.25) is 0 Å². The number of hydrogen-bond acceptors (Lipinski definition) is 5. The number of phosphoric acid groups is 1. The van der Waals surface area contributed by atoms with E-state index in [4.69, 9.17) is 19.2 Å². The van der Waals surface area contributed by atoms with E-state index in [2.05, 4.69) is 0 Å². The molecule has 0 aromatic heterocycles. The van der Waals surface area contributed by atoms with Gasteiger partial charge in [0.05, 0.1) is 0 Å². The molecule has 0 saturated heterocycles. The molecule has 11 heavy (non-hydrogen) atoms. The molecule has 0 bridgehead atoms. The van der Waals surface area contributed by atoms with E-state index in [1.807, 2.05) is 0 Å². The van der Waals surface area contributed by atoms with Crippen molar-refractivity contribution in [1.82, 2.24) is 0 Å². The molecule has 0 amide bonds. The Morgan fingerprint density at radius 3 is 0.727 bits per heavy atom. The fourth-order valence-corrected chi connectivity index (χ4v) is 0. The van der Waals surface area contributed by atoms with Crippen molar-refractivity contribution in [2.24, 2.45) is 0 Å². The summed E-state index contributed by atoms with van der Waals surface area (Å²) in [6, 6.07) is 0. The molecule has 40 valence electrons. The zero-order valence-electron chi connectivity index (χ0n) is 7.53. The van der Waals surface area contributed by atoms with Crippen molar-refractivity contribution in [2.45, 2.75) is 0 Å². The molecule has 0 aromatic carbocycles. The molecule has 0 aromatic rings. The van der Waals surface area contributed by atoms with Crippen LogP contribution in [-0.2, 0) is 4.57 Å². The predicted molar refractivity (Wildman–Crippen MR) is 9.54 cm³/mol. The molecule has 0 unspecified atom stereocenters. The molecule has 0 spiro atoms. The first-order valence-electron chi connectivity index (χ1n) is 0.730. The van der Waals surface area contributed by atoms with Gasteiger partial charge in [-0.15, -0.1) is 0 Å². The Kier molecular flexibility index (Phi) is 98.2. The van der Waals surface area contributed by atoms with E-state index in [-0.39, 0.29) is 153 Å². The fraction of sp³-hybridized carbons (Fsp3) is 0. The Hall–Kier alpha value is 5.07. The quantitative estimate of drug-likeness (QED) is 0.301. The molecule has 5 nitrogen and oxygen atoms in total. The van der Waals surface area contributed by atoms with Gasteiger partial charge in [-0.05, 0) is 0 Å². The van der Waals surface area contributed by atoms with Crippen molar-refractivity contribution in [2.75, 3.05) is 0 Å². The van der Waals surface area contributed by atoms with Crippen LogP contribution in [0.15, 0.2) is 0 Å². The van der Waals surface area contributed by atoms with Crippen LogP contribution in [0.25, 0.3) is 0 Å². The predicted octanol–water partition coefficient (Wildman–Crippen LogP) is -18.0. The summed E-state index contributed by atoms with van der Waals surface area (Å²) in [5.41, 5.74) is 0. The molecule has 1 N–H and O–H groups in total. The second-order valence-electron chi connectivity index (χ2n) is 0.447. The largest absolute Gasteiger partial charge is 1.00 e. The molecule has 11 heteroatoms. The normalized spacial score (nSPS) is 5.36. The first kappa shape index (κ1) is 44.4. The summed E-state index contributed by atoms with van der Waals surface area (Å²) in [6.07, 6.45) is 0. The second kappa shape index (κ2) is 24.3. The molecule has 0 rings (SSSR count). The van der Waals surface area contributed by atoms with Gasteiger partial charge in [-0.25, -0.2) is 0 Å². The maximum Gasteiger partial charge on any atom is 1.00 e. The Balaban J connectivity index is -0.00000000533. The fourth-order valence-electron chi connectivity index (χ4n) is 0. The van der Waals surface area contributed by atoms with Crippen LogP contribution in [0.2, 0.25) is 0 Å². The Labute approximate surface area is 176 Å². The van der Waals surface area contributed by atoms with Gasteiger partial charge in [0, 0.05) is 0 Å². The van der Waals surface area contributed by atoms with Crippen molar-refractivity contribution in [3.8, 4) is 0 Å². The summed E-state index contributed by atoms with van der Waals surface area (Å²) in [4.78, 5) is 25.6. The molecular formula is HNa5O5P+. The molecule has 0 radical (unpaired) electrons. The first-order chi connectivity index (χ1) is 2.00. The Bertz CT molecular complexity index is 61.0. The van der Waals surface area contributed by atoms with Crippen molar-refractivity contribution in [1.29, 1.82) is 0 Å². The van der Waals surface area contributed by atoms with Crippen LogP contribution >= 0.6 is 7.82 Å². The third-order valence-corrected chi connectivity index (χ3v) is 0. The van der Waals surface area contributed by atoms with Crippen molar-refractivity contribution < 1.29 is 173 Å². The topological polar surface area (TPSA) is 116 Å². The smallest absolute Gasteiger partial charge is 0.870 e. The minimum absolute atomic E-state index is 0. The minimum atomic E-state index is -5.39. The summed E-state index contributed by atoms with van der Waals surface area (Å²) < 4.78 is 8.55. The van der Waals surface area contributed by atoms with Gasteiger partial charge < -0.3 is 24.7 Å². The molecule has 0 aliphatic heterocycles. The Morgan fingerprint density at radius 1 is 0.727 bits per heavy atom. The molecule has 0 atom stereocenters. The SMILES string of the molecule is O=P([O-])([O-])[O-].[Na+].[Na+].[Na+].[Na+].[Na+].[OH-]. The monoisotopic (exact) mass is 227 g/mol. The molecule has 0 fully saturated rings. The summed E-state index contributed by atoms with van der Waals surface area (Å²) in [5.74, 6) is 0. The van der Waals surface area contributed by atoms with Crippen LogP contribution in [0.3, 0.4) is 0 Å². The average Bonchev–Trinajstić information content (AvgIpc) is 0.722. The van der Waals surface area contributed by atoms with E-state index in [1.165, 1.54) is 0 Å². The van der Waals surface area contributed by atoms with Crippen molar-refractivity contribution in [3.63, 3.8) is 0 Å². The maximum atomic E-state index is 8.55. The van der Waals surface area contributed by atoms with Gasteiger partial charge in [0.1, 0.15) is 0 Å². The molecule has 0 aliphatic carbocycles. The summed E-state index contributed by atoms with van der Waals surface area (Å²) in [6.45, 7) is 0. The van der Waals surface area contributed by atoms with Gasteiger partial charge in [-0.2, -0.15) is 7.82 Å². The van der Waals surface area contributed by atoms with Gasteiger partial charge in [0.25, 0.3) is 0 Å². The van der Waals surface area contributed by atoms with E-state index in [0.717, 1.165) is 0 Å². The van der Waals surface area contributed by atoms with E-state index in [0.29, 0.717) is 0 Å². The molecule has 0 heterocycles. The Morgan fingerprint density at radius 2 is 0.727 bits per heavy atom. The third-order valence-electron chi connectivity index (χ3n) is 0. The van der Waals surface area contributed by atoms with Crippen LogP contribution in [0.1, 0.15) is 0 Å². The van der Waals surface area contributed by atoms with Gasteiger partial charge in [0.15, 0.2) is 0 Å². The van der Waals surface area contributed by atoms with Crippen molar-refractivity contribution in [3.05, 3.63) is 0 Å². The van der Waals surface area contributed by atoms with Gasteiger partial charge >= 0.3 is 148 Å². The first-order valence-corrected chi connectivity index (χ1v) is 2.19. The molecule has 0 saturated carbocycles. The van der Waals surface area contributed by atoms with Crippen LogP contribution in [-0.4, -0.2) is 5.48 Å². The standard InChI is InChI=1S/5Na.H3O4P.H2O/c;;;;;1-5(2,3)4;/h;;;;;(H3,1,2,3,4);1H2/q5*+1;;/p-4. The van der Waals surface area contributed by atoms with Crippen LogP contribution in [0.5, 0.6) is 0 Å². The van der Waals surface area contributed by atoms with E-state index in [1.54, 1.807) is 0 Å². The van der Waals surface area contributed by atoms with E-state index >= 15 is 0 Å². The molecule has 0 aliphatic rings. The zero-order valence-corrected chi connectivity index (χ0v) is 18.4. The van der Waals surface area contributed by atoms with Crippen LogP contribution in [0.4, 0.5) is 0 Å². The number of rotatable bonds is 0. The van der Waals surface area contributed by atoms with Gasteiger partial charge in [-0.1, -0.05) is 0 Å². The third kappa shape index (κ3) is 100. The maximum absolute atomic E-state index is 8.55. The summed E-state index contributed by atoms with van der Waals surface area (Å²) in [5, 5.41) is 0. The van der Waals surface area contributed by atoms with E-state index in [9.17, 15) is 0 Å².